The van der Waals surface area contributed by atoms with Crippen LogP contribution in [0.3, 0.4) is 0 Å². The zero-order chi connectivity index (χ0) is 14.2. The average Bonchev–Trinajstić information content (AvgIpc) is 3.14. The Morgan fingerprint density at radius 2 is 2.05 bits per heavy atom. The Kier molecular flexibility index (Phi) is 2.94. The van der Waals surface area contributed by atoms with E-state index in [0.29, 0.717) is 5.02 Å². The SMILES string of the molecule is Clc1ccc2oc(-c3csc(-c4cnccn4)n3)cc2c1. The summed E-state index contributed by atoms with van der Waals surface area (Å²) >= 11 is 7.50. The van der Waals surface area contributed by atoms with E-state index in [1.807, 2.05) is 29.6 Å². The first-order valence-electron chi connectivity index (χ1n) is 6.21. The quantitative estimate of drug-likeness (QED) is 0.540. The van der Waals surface area contributed by atoms with Gasteiger partial charge in [0.15, 0.2) is 5.76 Å². The fraction of sp³-hybridized carbons (Fsp3) is 0. The summed E-state index contributed by atoms with van der Waals surface area (Å²) in [6.07, 6.45) is 4.99. The highest BCUT2D eigenvalue weighted by Crippen LogP contribution is 2.32. The molecule has 0 aliphatic heterocycles. The smallest absolute Gasteiger partial charge is 0.154 e. The zero-order valence-corrected chi connectivity index (χ0v) is 12.2. The molecular formula is C15H8ClN3OS. The molecule has 0 bridgehead atoms. The third-order valence-electron chi connectivity index (χ3n) is 3.02. The van der Waals surface area contributed by atoms with E-state index in [9.17, 15) is 0 Å². The number of benzene rings is 1. The normalized spacial score (nSPS) is 11.1. The lowest BCUT2D eigenvalue weighted by Crippen LogP contribution is -1.83. The number of rotatable bonds is 2. The van der Waals surface area contributed by atoms with Crippen LogP contribution < -0.4 is 0 Å². The molecule has 6 heteroatoms. The van der Waals surface area contributed by atoms with Crippen LogP contribution in [-0.2, 0) is 0 Å². The van der Waals surface area contributed by atoms with Gasteiger partial charge in [0.25, 0.3) is 0 Å². The van der Waals surface area contributed by atoms with Crippen molar-refractivity contribution in [2.45, 2.75) is 0 Å². The van der Waals surface area contributed by atoms with Crippen molar-refractivity contribution >= 4 is 33.9 Å². The summed E-state index contributed by atoms with van der Waals surface area (Å²) in [4.78, 5) is 12.9. The Bertz CT molecular complexity index is 917. The molecule has 4 aromatic rings. The molecular weight excluding hydrogens is 306 g/mol. The van der Waals surface area contributed by atoms with Gasteiger partial charge in [-0.05, 0) is 24.3 Å². The number of fused-ring (bicyclic) bond motifs is 1. The predicted molar refractivity (Wildman–Crippen MR) is 83.4 cm³/mol. The zero-order valence-electron chi connectivity index (χ0n) is 10.7. The minimum Gasteiger partial charge on any atom is -0.454 e. The second-order valence-corrected chi connectivity index (χ2v) is 5.72. The minimum absolute atomic E-state index is 0.688. The van der Waals surface area contributed by atoms with Gasteiger partial charge in [-0.2, -0.15) is 0 Å². The summed E-state index contributed by atoms with van der Waals surface area (Å²) in [5, 5.41) is 4.42. The molecule has 0 unspecified atom stereocenters. The number of nitrogens with zero attached hydrogens (tertiary/aromatic N) is 3. The minimum atomic E-state index is 0.688. The van der Waals surface area contributed by atoms with Crippen LogP contribution >= 0.6 is 22.9 Å². The molecule has 4 nitrogen and oxygen atoms in total. The van der Waals surface area contributed by atoms with Gasteiger partial charge in [0, 0.05) is 28.2 Å². The van der Waals surface area contributed by atoms with Crippen LogP contribution in [-0.4, -0.2) is 15.0 Å². The highest BCUT2D eigenvalue weighted by molar-refractivity contribution is 7.13. The molecule has 0 saturated carbocycles. The lowest BCUT2D eigenvalue weighted by atomic mass is 10.2. The van der Waals surface area contributed by atoms with Crippen molar-refractivity contribution < 1.29 is 4.42 Å². The van der Waals surface area contributed by atoms with Gasteiger partial charge in [-0.3, -0.25) is 9.97 Å². The molecule has 0 fully saturated rings. The molecule has 102 valence electrons. The molecule has 0 atom stereocenters. The van der Waals surface area contributed by atoms with Crippen LogP contribution in [0.2, 0.25) is 5.02 Å². The van der Waals surface area contributed by atoms with Gasteiger partial charge >= 0.3 is 0 Å². The number of hydrogen-bond donors (Lipinski definition) is 0. The van der Waals surface area contributed by atoms with Crippen LogP contribution in [0.1, 0.15) is 0 Å². The van der Waals surface area contributed by atoms with E-state index >= 15 is 0 Å². The highest BCUT2D eigenvalue weighted by atomic mass is 35.5. The van der Waals surface area contributed by atoms with Gasteiger partial charge in [0.2, 0.25) is 0 Å². The fourth-order valence-corrected chi connectivity index (χ4v) is 3.00. The molecule has 0 spiro atoms. The standard InChI is InChI=1S/C15H8ClN3OS/c16-10-1-2-13-9(5-10)6-14(20-13)12-8-21-15(19-12)11-7-17-3-4-18-11/h1-8H. The van der Waals surface area contributed by atoms with Crippen LogP contribution in [0.25, 0.3) is 33.1 Å². The largest absolute Gasteiger partial charge is 0.454 e. The lowest BCUT2D eigenvalue weighted by molar-refractivity contribution is 0.629. The third-order valence-corrected chi connectivity index (χ3v) is 4.12. The second kappa shape index (κ2) is 4.95. The summed E-state index contributed by atoms with van der Waals surface area (Å²) in [5.74, 6) is 0.721. The van der Waals surface area contributed by atoms with E-state index < -0.39 is 0 Å². The van der Waals surface area contributed by atoms with Crippen LogP contribution in [0.4, 0.5) is 0 Å². The molecule has 3 heterocycles. The molecule has 0 aliphatic rings. The van der Waals surface area contributed by atoms with Crippen molar-refractivity contribution in [2.75, 3.05) is 0 Å². The predicted octanol–water partition coefficient (Wildman–Crippen LogP) is 4.67. The summed E-state index contributed by atoms with van der Waals surface area (Å²) in [5.41, 5.74) is 2.34. The Hall–Kier alpha value is -2.24. The molecule has 0 aliphatic carbocycles. The number of thiazole rings is 1. The first-order valence-corrected chi connectivity index (χ1v) is 7.47. The average molecular weight is 314 g/mol. The topological polar surface area (TPSA) is 51.8 Å². The maximum Gasteiger partial charge on any atom is 0.154 e. The highest BCUT2D eigenvalue weighted by Gasteiger charge is 2.12. The van der Waals surface area contributed by atoms with Crippen molar-refractivity contribution in [3.05, 3.63) is 53.3 Å². The maximum atomic E-state index is 5.99. The van der Waals surface area contributed by atoms with Crippen molar-refractivity contribution in [2.24, 2.45) is 0 Å². The van der Waals surface area contributed by atoms with Crippen molar-refractivity contribution in [1.82, 2.24) is 15.0 Å². The molecule has 0 saturated heterocycles. The van der Waals surface area contributed by atoms with Crippen LogP contribution in [0.5, 0.6) is 0 Å². The monoisotopic (exact) mass is 313 g/mol. The molecule has 1 aromatic carbocycles. The van der Waals surface area contributed by atoms with E-state index in [0.717, 1.165) is 33.1 Å². The van der Waals surface area contributed by atoms with Gasteiger partial charge < -0.3 is 4.42 Å². The maximum absolute atomic E-state index is 5.99. The number of furan rings is 1. The van der Waals surface area contributed by atoms with Crippen molar-refractivity contribution in [1.29, 1.82) is 0 Å². The second-order valence-electron chi connectivity index (χ2n) is 4.42. The Morgan fingerprint density at radius 1 is 1.10 bits per heavy atom. The van der Waals surface area contributed by atoms with Gasteiger partial charge in [0.1, 0.15) is 22.0 Å². The van der Waals surface area contributed by atoms with Gasteiger partial charge in [-0.15, -0.1) is 11.3 Å². The molecule has 0 amide bonds. The van der Waals surface area contributed by atoms with E-state index in [1.54, 1.807) is 18.6 Å². The molecule has 21 heavy (non-hydrogen) atoms. The summed E-state index contributed by atoms with van der Waals surface area (Å²) < 4.78 is 5.81. The van der Waals surface area contributed by atoms with E-state index in [-0.39, 0.29) is 0 Å². The number of hydrogen-bond acceptors (Lipinski definition) is 5. The van der Waals surface area contributed by atoms with Crippen molar-refractivity contribution in [3.8, 4) is 22.2 Å². The van der Waals surface area contributed by atoms with E-state index in [2.05, 4.69) is 15.0 Å². The molecule has 3 aromatic heterocycles. The first-order chi connectivity index (χ1) is 10.3. The molecule has 0 N–H and O–H groups in total. The Balaban J connectivity index is 1.77. The molecule has 4 rings (SSSR count). The number of halogens is 1. The first kappa shape index (κ1) is 12.5. The van der Waals surface area contributed by atoms with Crippen LogP contribution in [0, 0.1) is 0 Å². The summed E-state index contributed by atoms with van der Waals surface area (Å²) in [6, 6.07) is 7.48. The van der Waals surface area contributed by atoms with Gasteiger partial charge in [0.05, 0.1) is 6.20 Å². The van der Waals surface area contributed by atoms with Gasteiger partial charge in [-0.25, -0.2) is 4.98 Å². The third kappa shape index (κ3) is 2.30. The van der Waals surface area contributed by atoms with Crippen LogP contribution in [0.15, 0.2) is 52.7 Å². The van der Waals surface area contributed by atoms with Crippen molar-refractivity contribution in [3.63, 3.8) is 0 Å². The van der Waals surface area contributed by atoms with Gasteiger partial charge in [-0.1, -0.05) is 11.6 Å². The lowest BCUT2D eigenvalue weighted by Gasteiger charge is -1.92. The van der Waals surface area contributed by atoms with E-state index in [4.69, 9.17) is 16.0 Å². The Labute approximate surface area is 129 Å². The van der Waals surface area contributed by atoms with E-state index in [1.165, 1.54) is 11.3 Å². The fourth-order valence-electron chi connectivity index (χ4n) is 2.05. The Morgan fingerprint density at radius 3 is 2.90 bits per heavy atom. The summed E-state index contributed by atoms with van der Waals surface area (Å²) in [6.45, 7) is 0. The summed E-state index contributed by atoms with van der Waals surface area (Å²) in [7, 11) is 0. The molecule has 0 radical (unpaired) electrons. The number of aromatic nitrogens is 3.